The van der Waals surface area contributed by atoms with E-state index in [4.69, 9.17) is 5.41 Å². The maximum Gasteiger partial charge on any atom is 0.00272 e. The van der Waals surface area contributed by atoms with Crippen molar-refractivity contribution >= 4 is 5.71 Å². The molecule has 0 saturated heterocycles. The molecule has 0 unspecified atom stereocenters. The SMILES string of the molecule is C=C(C)CC.CC.CC(C)=N.CCC.CCc1cccc(-c2cccc(C)c2)c1. The van der Waals surface area contributed by atoms with E-state index in [2.05, 4.69) is 89.7 Å². The predicted molar refractivity (Wildman–Crippen MR) is 137 cm³/mol. The average Bonchev–Trinajstić information content (AvgIpc) is 2.70. The van der Waals surface area contributed by atoms with Crippen LogP contribution in [0.4, 0.5) is 0 Å². The average molecular weight is 398 g/mol. The van der Waals surface area contributed by atoms with E-state index in [9.17, 15) is 0 Å². The molecule has 0 aliphatic carbocycles. The predicted octanol–water partition coefficient (Wildman–Crippen LogP) is 9.69. The van der Waals surface area contributed by atoms with E-state index in [0.29, 0.717) is 5.71 Å². The third-order valence-electron chi connectivity index (χ3n) is 3.29. The maximum absolute atomic E-state index is 6.50. The molecule has 0 aliphatic rings. The topological polar surface area (TPSA) is 23.9 Å². The normalized spacial score (nSPS) is 8.34. The highest BCUT2D eigenvalue weighted by Crippen LogP contribution is 2.21. The van der Waals surface area contributed by atoms with Gasteiger partial charge in [0.25, 0.3) is 0 Å². The molecule has 164 valence electrons. The van der Waals surface area contributed by atoms with E-state index in [1.807, 2.05) is 20.8 Å². The fraction of sp³-hybridized carbons (Fsp3) is 0.464. The molecule has 0 aliphatic heterocycles. The van der Waals surface area contributed by atoms with Crippen LogP contribution in [0, 0.1) is 12.3 Å². The molecule has 1 nitrogen and oxygen atoms in total. The first-order valence-electron chi connectivity index (χ1n) is 11.0. The molecule has 0 aromatic heterocycles. The zero-order valence-electron chi connectivity index (χ0n) is 20.9. The molecule has 2 aromatic rings. The molecule has 0 heterocycles. The molecule has 0 saturated carbocycles. The maximum atomic E-state index is 6.50. The van der Waals surface area contributed by atoms with Crippen LogP contribution in [0.1, 0.15) is 86.3 Å². The van der Waals surface area contributed by atoms with Crippen LogP contribution in [0.3, 0.4) is 0 Å². The summed E-state index contributed by atoms with van der Waals surface area (Å²) in [5.74, 6) is 0. The summed E-state index contributed by atoms with van der Waals surface area (Å²) in [5, 5.41) is 6.50. The van der Waals surface area contributed by atoms with Gasteiger partial charge in [0.05, 0.1) is 0 Å². The number of allylic oxidation sites excluding steroid dienone is 1. The van der Waals surface area contributed by atoms with E-state index in [1.54, 1.807) is 13.8 Å². The second-order valence-electron chi connectivity index (χ2n) is 6.94. The lowest BCUT2D eigenvalue weighted by atomic mass is 10.0. The van der Waals surface area contributed by atoms with Gasteiger partial charge in [0.15, 0.2) is 0 Å². The Labute approximate surface area is 182 Å². The van der Waals surface area contributed by atoms with Gasteiger partial charge in [0.1, 0.15) is 0 Å². The highest BCUT2D eigenvalue weighted by atomic mass is 14.3. The zero-order chi connectivity index (χ0) is 23.2. The fourth-order valence-corrected chi connectivity index (χ4v) is 1.80. The van der Waals surface area contributed by atoms with Gasteiger partial charge in [0.2, 0.25) is 0 Å². The van der Waals surface area contributed by atoms with E-state index in [-0.39, 0.29) is 0 Å². The summed E-state index contributed by atoms with van der Waals surface area (Å²) in [4.78, 5) is 0. The third kappa shape index (κ3) is 22.0. The molecule has 2 rings (SSSR count). The quantitative estimate of drug-likeness (QED) is 0.393. The van der Waals surface area contributed by atoms with Crippen molar-refractivity contribution in [3.05, 3.63) is 71.8 Å². The van der Waals surface area contributed by atoms with E-state index in [1.165, 1.54) is 34.2 Å². The molecule has 0 fully saturated rings. The highest BCUT2D eigenvalue weighted by Gasteiger charge is 1.98. The zero-order valence-corrected chi connectivity index (χ0v) is 20.9. The minimum Gasteiger partial charge on any atom is -0.310 e. The van der Waals surface area contributed by atoms with Gasteiger partial charge in [-0.15, -0.1) is 6.58 Å². The summed E-state index contributed by atoms with van der Waals surface area (Å²) in [7, 11) is 0. The standard InChI is InChI=1S/C15H16.C5H10.C3H7N.C3H8.C2H6/c1-3-13-7-5-9-15(11-13)14-8-4-6-12(2)10-14;1-4-5(2)3;1-3(2)4;1-3-2;1-2/h4-11H,3H2,1-2H3;2,4H2,1,3H3;4H,1-2H3;3H2,1-2H3;1-2H3. The van der Waals surface area contributed by atoms with Gasteiger partial charge in [-0.25, -0.2) is 0 Å². The summed E-state index contributed by atoms with van der Waals surface area (Å²) in [5.41, 5.74) is 7.26. The van der Waals surface area contributed by atoms with Crippen molar-refractivity contribution in [2.45, 2.75) is 88.5 Å². The van der Waals surface area contributed by atoms with Gasteiger partial charge in [0, 0.05) is 5.71 Å². The smallest absolute Gasteiger partial charge is 0.00272 e. The van der Waals surface area contributed by atoms with Crippen molar-refractivity contribution in [3.8, 4) is 11.1 Å². The Morgan fingerprint density at radius 1 is 0.828 bits per heavy atom. The molecule has 1 heteroatoms. The summed E-state index contributed by atoms with van der Waals surface area (Å²) in [6, 6.07) is 17.4. The number of rotatable bonds is 3. The first kappa shape index (κ1) is 31.5. The monoisotopic (exact) mass is 397 g/mol. The van der Waals surface area contributed by atoms with Crippen LogP contribution in [0.5, 0.6) is 0 Å². The second-order valence-corrected chi connectivity index (χ2v) is 6.94. The third-order valence-corrected chi connectivity index (χ3v) is 3.29. The first-order valence-corrected chi connectivity index (χ1v) is 11.0. The number of hydrogen-bond acceptors (Lipinski definition) is 1. The summed E-state index contributed by atoms with van der Waals surface area (Å²) in [6.45, 7) is 23.9. The van der Waals surface area contributed by atoms with Crippen LogP contribution >= 0.6 is 0 Å². The van der Waals surface area contributed by atoms with Crippen LogP contribution in [0.25, 0.3) is 11.1 Å². The Bertz CT molecular complexity index is 649. The fourth-order valence-electron chi connectivity index (χ4n) is 1.80. The minimum absolute atomic E-state index is 0.667. The Hall–Kier alpha value is -2.15. The lowest BCUT2D eigenvalue weighted by Gasteiger charge is -2.04. The lowest BCUT2D eigenvalue weighted by Crippen LogP contribution is -1.83. The van der Waals surface area contributed by atoms with Crippen molar-refractivity contribution in [2.75, 3.05) is 0 Å². The number of nitrogens with one attached hydrogen (secondary N) is 1. The Kier molecular flexibility index (Phi) is 24.1. The van der Waals surface area contributed by atoms with Gasteiger partial charge >= 0.3 is 0 Å². The van der Waals surface area contributed by atoms with Gasteiger partial charge < -0.3 is 5.41 Å². The van der Waals surface area contributed by atoms with Crippen molar-refractivity contribution in [3.63, 3.8) is 0 Å². The Morgan fingerprint density at radius 2 is 1.21 bits per heavy atom. The van der Waals surface area contributed by atoms with Gasteiger partial charge in [-0.1, -0.05) is 108 Å². The molecular weight excluding hydrogens is 350 g/mol. The van der Waals surface area contributed by atoms with Crippen molar-refractivity contribution < 1.29 is 0 Å². The Balaban J connectivity index is -0.000000401. The number of aryl methyl sites for hydroxylation is 2. The van der Waals surface area contributed by atoms with Gasteiger partial charge in [-0.3, -0.25) is 0 Å². The first-order chi connectivity index (χ1) is 13.7. The van der Waals surface area contributed by atoms with Crippen LogP contribution in [0.15, 0.2) is 60.7 Å². The molecule has 0 atom stereocenters. The highest BCUT2D eigenvalue weighted by molar-refractivity contribution is 5.75. The summed E-state index contributed by atoms with van der Waals surface area (Å²) < 4.78 is 0. The van der Waals surface area contributed by atoms with Gasteiger partial charge in [-0.05, 0) is 57.2 Å². The molecule has 0 spiro atoms. The second kappa shape index (κ2) is 22.1. The molecule has 1 N–H and O–H groups in total. The van der Waals surface area contributed by atoms with Crippen molar-refractivity contribution in [1.82, 2.24) is 0 Å². The summed E-state index contributed by atoms with van der Waals surface area (Å²) >= 11 is 0. The van der Waals surface area contributed by atoms with Crippen LogP contribution < -0.4 is 0 Å². The lowest BCUT2D eigenvalue weighted by molar-refractivity contribution is 1.09. The molecule has 0 bridgehead atoms. The number of benzene rings is 2. The van der Waals surface area contributed by atoms with Crippen molar-refractivity contribution in [1.29, 1.82) is 5.41 Å². The minimum atomic E-state index is 0.667. The van der Waals surface area contributed by atoms with Crippen LogP contribution in [-0.4, -0.2) is 5.71 Å². The molecule has 0 radical (unpaired) electrons. The molecule has 29 heavy (non-hydrogen) atoms. The van der Waals surface area contributed by atoms with Crippen molar-refractivity contribution in [2.24, 2.45) is 0 Å². The summed E-state index contributed by atoms with van der Waals surface area (Å²) in [6.07, 6.45) is 3.46. The Morgan fingerprint density at radius 3 is 1.55 bits per heavy atom. The van der Waals surface area contributed by atoms with E-state index in [0.717, 1.165) is 12.8 Å². The largest absolute Gasteiger partial charge is 0.310 e. The van der Waals surface area contributed by atoms with Crippen LogP contribution in [0.2, 0.25) is 0 Å². The molecule has 2 aromatic carbocycles. The molecular formula is C28H47N. The van der Waals surface area contributed by atoms with E-state index < -0.39 is 0 Å². The van der Waals surface area contributed by atoms with Crippen LogP contribution in [-0.2, 0) is 6.42 Å². The molecule has 0 amide bonds. The van der Waals surface area contributed by atoms with E-state index >= 15 is 0 Å². The van der Waals surface area contributed by atoms with Gasteiger partial charge in [-0.2, -0.15) is 0 Å². The number of hydrogen-bond donors (Lipinski definition) is 1.